The van der Waals surface area contributed by atoms with Crippen LogP contribution in [0.4, 0.5) is 0 Å². The van der Waals surface area contributed by atoms with Crippen LogP contribution in [0, 0.1) is 0 Å². The molecule has 1 aromatic rings. The van der Waals surface area contributed by atoms with E-state index < -0.39 is 0 Å². The number of benzene rings is 1. The minimum atomic E-state index is -0.0970. The zero-order valence-corrected chi connectivity index (χ0v) is 11.3. The lowest BCUT2D eigenvalue weighted by Gasteiger charge is -2.23. The first-order valence-corrected chi connectivity index (χ1v) is 6.24. The standard InChI is InChI=1S/C14H23NO3/c1-4-12(10-17-2)15-14(9-16)11-6-5-7-13(8-11)18-3/h5-8,12,14-16H,4,9-10H2,1-3H3. The molecule has 102 valence electrons. The van der Waals surface area contributed by atoms with Crippen LogP contribution in [-0.4, -0.2) is 38.6 Å². The third kappa shape index (κ3) is 4.29. The fourth-order valence-electron chi connectivity index (χ4n) is 1.88. The molecule has 0 aromatic heterocycles. The minimum Gasteiger partial charge on any atom is -0.497 e. The highest BCUT2D eigenvalue weighted by atomic mass is 16.5. The van der Waals surface area contributed by atoms with Gasteiger partial charge in [-0.15, -0.1) is 0 Å². The van der Waals surface area contributed by atoms with Crippen LogP contribution in [0.2, 0.25) is 0 Å². The quantitative estimate of drug-likeness (QED) is 0.741. The second-order valence-electron chi connectivity index (χ2n) is 4.24. The molecule has 2 atom stereocenters. The smallest absolute Gasteiger partial charge is 0.119 e. The van der Waals surface area contributed by atoms with Gasteiger partial charge in [0, 0.05) is 13.2 Å². The number of aliphatic hydroxyl groups excluding tert-OH is 1. The van der Waals surface area contributed by atoms with Gasteiger partial charge < -0.3 is 19.9 Å². The van der Waals surface area contributed by atoms with Gasteiger partial charge in [-0.05, 0) is 24.1 Å². The van der Waals surface area contributed by atoms with Gasteiger partial charge >= 0.3 is 0 Å². The second kappa shape index (κ2) is 8.08. The highest BCUT2D eigenvalue weighted by Gasteiger charge is 2.15. The summed E-state index contributed by atoms with van der Waals surface area (Å²) in [6.07, 6.45) is 0.953. The lowest BCUT2D eigenvalue weighted by molar-refractivity contribution is 0.146. The van der Waals surface area contributed by atoms with E-state index in [0.717, 1.165) is 17.7 Å². The van der Waals surface area contributed by atoms with E-state index >= 15 is 0 Å². The fraction of sp³-hybridized carbons (Fsp3) is 0.571. The number of aliphatic hydroxyl groups is 1. The summed E-state index contributed by atoms with van der Waals surface area (Å²) >= 11 is 0. The Morgan fingerprint density at radius 3 is 2.67 bits per heavy atom. The van der Waals surface area contributed by atoms with Crippen molar-refractivity contribution in [3.05, 3.63) is 29.8 Å². The zero-order chi connectivity index (χ0) is 13.4. The van der Waals surface area contributed by atoms with E-state index in [2.05, 4.69) is 12.2 Å². The monoisotopic (exact) mass is 253 g/mol. The van der Waals surface area contributed by atoms with E-state index in [9.17, 15) is 5.11 Å². The molecule has 2 N–H and O–H groups in total. The SMILES string of the molecule is CCC(COC)NC(CO)c1cccc(OC)c1. The van der Waals surface area contributed by atoms with Gasteiger partial charge in [0.15, 0.2) is 0 Å². The average molecular weight is 253 g/mol. The maximum Gasteiger partial charge on any atom is 0.119 e. The highest BCUT2D eigenvalue weighted by molar-refractivity contribution is 5.30. The van der Waals surface area contributed by atoms with Crippen LogP contribution in [0.25, 0.3) is 0 Å². The van der Waals surface area contributed by atoms with E-state index in [0.29, 0.717) is 6.61 Å². The summed E-state index contributed by atoms with van der Waals surface area (Å²) < 4.78 is 10.3. The van der Waals surface area contributed by atoms with E-state index in [1.165, 1.54) is 0 Å². The van der Waals surface area contributed by atoms with E-state index in [4.69, 9.17) is 9.47 Å². The molecule has 0 heterocycles. The summed E-state index contributed by atoms with van der Waals surface area (Å²) in [6, 6.07) is 7.88. The van der Waals surface area contributed by atoms with Gasteiger partial charge in [-0.2, -0.15) is 0 Å². The molecule has 4 heteroatoms. The Hall–Kier alpha value is -1.10. The van der Waals surface area contributed by atoms with Crippen LogP contribution in [-0.2, 0) is 4.74 Å². The molecule has 0 saturated heterocycles. The number of ether oxygens (including phenoxy) is 2. The van der Waals surface area contributed by atoms with Crippen LogP contribution in [0.5, 0.6) is 5.75 Å². The third-order valence-electron chi connectivity index (χ3n) is 2.98. The summed E-state index contributed by atoms with van der Waals surface area (Å²) in [6.45, 7) is 2.78. The number of methoxy groups -OCH3 is 2. The van der Waals surface area contributed by atoms with Crippen LogP contribution in [0.3, 0.4) is 0 Å². The maximum absolute atomic E-state index is 9.51. The molecule has 0 amide bonds. The highest BCUT2D eigenvalue weighted by Crippen LogP contribution is 2.19. The second-order valence-corrected chi connectivity index (χ2v) is 4.24. The van der Waals surface area contributed by atoms with Crippen molar-refractivity contribution >= 4 is 0 Å². The average Bonchev–Trinajstić information content (AvgIpc) is 2.43. The molecule has 0 fully saturated rings. The van der Waals surface area contributed by atoms with Gasteiger partial charge in [0.1, 0.15) is 5.75 Å². The Morgan fingerprint density at radius 2 is 2.11 bits per heavy atom. The largest absolute Gasteiger partial charge is 0.497 e. The summed E-state index contributed by atoms with van der Waals surface area (Å²) in [7, 11) is 3.32. The van der Waals surface area contributed by atoms with Crippen LogP contribution < -0.4 is 10.1 Å². The first-order chi connectivity index (χ1) is 8.74. The topological polar surface area (TPSA) is 50.7 Å². The van der Waals surface area contributed by atoms with Crippen molar-refractivity contribution in [3.63, 3.8) is 0 Å². The molecule has 0 bridgehead atoms. The lowest BCUT2D eigenvalue weighted by Crippen LogP contribution is -2.37. The van der Waals surface area contributed by atoms with Crippen LogP contribution >= 0.6 is 0 Å². The van der Waals surface area contributed by atoms with E-state index in [1.54, 1.807) is 14.2 Å². The summed E-state index contributed by atoms with van der Waals surface area (Å²) in [5, 5.41) is 12.9. The van der Waals surface area contributed by atoms with Crippen molar-refractivity contribution in [3.8, 4) is 5.75 Å². The number of hydrogen-bond donors (Lipinski definition) is 2. The Labute approximate surface area is 109 Å². The Morgan fingerprint density at radius 1 is 1.33 bits per heavy atom. The van der Waals surface area contributed by atoms with E-state index in [-0.39, 0.29) is 18.7 Å². The van der Waals surface area contributed by atoms with Crippen LogP contribution in [0.1, 0.15) is 24.9 Å². The van der Waals surface area contributed by atoms with Crippen molar-refractivity contribution in [1.29, 1.82) is 0 Å². The normalized spacial score (nSPS) is 14.2. The molecular weight excluding hydrogens is 230 g/mol. The molecule has 0 radical (unpaired) electrons. The molecule has 2 unspecified atom stereocenters. The summed E-state index contributed by atoms with van der Waals surface area (Å²) in [5.74, 6) is 0.799. The van der Waals surface area contributed by atoms with Gasteiger partial charge in [0.2, 0.25) is 0 Å². The van der Waals surface area contributed by atoms with Crippen molar-refractivity contribution in [1.82, 2.24) is 5.32 Å². The molecule has 1 rings (SSSR count). The molecule has 4 nitrogen and oxygen atoms in total. The van der Waals surface area contributed by atoms with Gasteiger partial charge in [0.05, 0.1) is 26.4 Å². The molecule has 0 aliphatic heterocycles. The fourth-order valence-corrected chi connectivity index (χ4v) is 1.88. The number of rotatable bonds is 8. The Balaban J connectivity index is 2.74. The van der Waals surface area contributed by atoms with Crippen molar-refractivity contribution < 1.29 is 14.6 Å². The van der Waals surface area contributed by atoms with Gasteiger partial charge in [-0.3, -0.25) is 0 Å². The van der Waals surface area contributed by atoms with Crippen LogP contribution in [0.15, 0.2) is 24.3 Å². The molecule has 0 aliphatic carbocycles. The molecular formula is C14H23NO3. The lowest BCUT2D eigenvalue weighted by atomic mass is 10.1. The molecule has 0 aliphatic rings. The minimum absolute atomic E-state index is 0.0490. The van der Waals surface area contributed by atoms with Crippen molar-refractivity contribution in [2.45, 2.75) is 25.4 Å². The number of nitrogens with one attached hydrogen (secondary N) is 1. The third-order valence-corrected chi connectivity index (χ3v) is 2.98. The summed E-state index contributed by atoms with van der Waals surface area (Å²) in [4.78, 5) is 0. The zero-order valence-electron chi connectivity index (χ0n) is 11.3. The Bertz CT molecular complexity index is 344. The predicted molar refractivity (Wildman–Crippen MR) is 71.9 cm³/mol. The van der Waals surface area contributed by atoms with Gasteiger partial charge in [-0.25, -0.2) is 0 Å². The summed E-state index contributed by atoms with van der Waals surface area (Å²) in [5.41, 5.74) is 1.02. The van der Waals surface area contributed by atoms with E-state index in [1.807, 2.05) is 24.3 Å². The van der Waals surface area contributed by atoms with Gasteiger partial charge in [0.25, 0.3) is 0 Å². The Kier molecular flexibility index (Phi) is 6.72. The van der Waals surface area contributed by atoms with Crippen molar-refractivity contribution in [2.75, 3.05) is 27.4 Å². The molecule has 18 heavy (non-hydrogen) atoms. The maximum atomic E-state index is 9.51. The first kappa shape index (κ1) is 15.0. The molecule has 0 spiro atoms. The first-order valence-electron chi connectivity index (χ1n) is 6.24. The number of hydrogen-bond acceptors (Lipinski definition) is 4. The van der Waals surface area contributed by atoms with Gasteiger partial charge in [-0.1, -0.05) is 19.1 Å². The predicted octanol–water partition coefficient (Wildman–Crippen LogP) is 1.74. The molecule has 0 saturated carbocycles. The molecule has 1 aromatic carbocycles. The van der Waals surface area contributed by atoms with Crippen molar-refractivity contribution in [2.24, 2.45) is 0 Å².